The van der Waals surface area contributed by atoms with Crippen LogP contribution in [0.5, 0.6) is 5.75 Å². The molecule has 0 aliphatic carbocycles. The number of ether oxygens (including phenoxy) is 1. The van der Waals surface area contributed by atoms with E-state index in [1.54, 1.807) is 13.3 Å². The maximum absolute atomic E-state index is 10.3. The Labute approximate surface area is 142 Å². The van der Waals surface area contributed by atoms with Crippen molar-refractivity contribution in [3.63, 3.8) is 0 Å². The minimum absolute atomic E-state index is 0.165. The van der Waals surface area contributed by atoms with E-state index in [1.807, 2.05) is 30.5 Å². The first-order valence-electron chi connectivity index (χ1n) is 8.36. The van der Waals surface area contributed by atoms with Crippen molar-refractivity contribution >= 4 is 0 Å². The van der Waals surface area contributed by atoms with Gasteiger partial charge in [0.2, 0.25) is 0 Å². The molecule has 1 saturated heterocycles. The normalized spacial score (nSPS) is 22.3. The number of likely N-dealkylation sites (tertiary alicyclic amines) is 1. The maximum atomic E-state index is 10.3. The number of aliphatic hydroxyl groups excluding tert-OH is 1. The predicted octanol–water partition coefficient (Wildman–Crippen LogP) is 1.59. The minimum atomic E-state index is -0.930. The van der Waals surface area contributed by atoms with Crippen LogP contribution in [-0.2, 0) is 6.54 Å². The van der Waals surface area contributed by atoms with Crippen LogP contribution in [0.3, 0.4) is 0 Å². The van der Waals surface area contributed by atoms with Gasteiger partial charge in [0.15, 0.2) is 0 Å². The monoisotopic (exact) mass is 331 g/mol. The van der Waals surface area contributed by atoms with Gasteiger partial charge in [0, 0.05) is 24.6 Å². The Kier molecular flexibility index (Phi) is 5.18. The maximum Gasteiger partial charge on any atom is 0.127 e. The summed E-state index contributed by atoms with van der Waals surface area (Å²) in [5.74, 6) is 1.80. The molecule has 1 fully saturated rings. The molecule has 24 heavy (non-hydrogen) atoms. The van der Waals surface area contributed by atoms with E-state index < -0.39 is 5.60 Å². The topological polar surface area (TPSA) is 70.8 Å². The van der Waals surface area contributed by atoms with E-state index in [0.717, 1.165) is 43.3 Å². The van der Waals surface area contributed by atoms with E-state index in [2.05, 4.69) is 14.5 Å². The first-order chi connectivity index (χ1) is 11.6. The van der Waals surface area contributed by atoms with Crippen LogP contribution in [0.25, 0.3) is 5.69 Å². The second-order valence-corrected chi connectivity index (χ2v) is 6.42. The van der Waals surface area contributed by atoms with Crippen molar-refractivity contribution < 1.29 is 14.9 Å². The summed E-state index contributed by atoms with van der Waals surface area (Å²) in [7, 11) is 1.66. The largest absolute Gasteiger partial charge is 0.497 e. The molecule has 2 aromatic rings. The zero-order chi connectivity index (χ0) is 17.0. The molecule has 130 valence electrons. The smallest absolute Gasteiger partial charge is 0.127 e. The van der Waals surface area contributed by atoms with E-state index >= 15 is 0 Å². The van der Waals surface area contributed by atoms with Crippen molar-refractivity contribution in [2.45, 2.75) is 31.4 Å². The molecule has 0 amide bonds. The fourth-order valence-corrected chi connectivity index (χ4v) is 3.18. The summed E-state index contributed by atoms with van der Waals surface area (Å²) in [6.45, 7) is 2.21. The zero-order valence-corrected chi connectivity index (χ0v) is 14.1. The SMILES string of the molecule is COc1ccc(-n2ccnc2CN2CCCC(O)(CO)CC2)cc1. The number of hydrogen-bond acceptors (Lipinski definition) is 5. The lowest BCUT2D eigenvalue weighted by Gasteiger charge is -2.24. The van der Waals surface area contributed by atoms with Crippen LogP contribution in [0.4, 0.5) is 0 Å². The summed E-state index contributed by atoms with van der Waals surface area (Å²) in [6, 6.07) is 7.90. The van der Waals surface area contributed by atoms with Gasteiger partial charge < -0.3 is 19.5 Å². The van der Waals surface area contributed by atoms with E-state index in [-0.39, 0.29) is 6.61 Å². The van der Waals surface area contributed by atoms with Gasteiger partial charge in [-0.2, -0.15) is 0 Å². The molecule has 1 aliphatic heterocycles. The minimum Gasteiger partial charge on any atom is -0.497 e. The number of nitrogens with zero attached hydrogens (tertiary/aromatic N) is 3. The lowest BCUT2D eigenvalue weighted by Crippen LogP contribution is -2.34. The summed E-state index contributed by atoms with van der Waals surface area (Å²) in [6.07, 6.45) is 5.88. The van der Waals surface area contributed by atoms with E-state index in [1.165, 1.54) is 0 Å². The highest BCUT2D eigenvalue weighted by Crippen LogP contribution is 2.23. The number of methoxy groups -OCH3 is 1. The van der Waals surface area contributed by atoms with Crippen molar-refractivity contribution in [3.8, 4) is 11.4 Å². The molecule has 1 unspecified atom stereocenters. The molecule has 6 nitrogen and oxygen atoms in total. The molecule has 2 N–H and O–H groups in total. The highest BCUT2D eigenvalue weighted by molar-refractivity contribution is 5.38. The first kappa shape index (κ1) is 17.0. The van der Waals surface area contributed by atoms with Crippen LogP contribution in [0.1, 0.15) is 25.1 Å². The third-order valence-electron chi connectivity index (χ3n) is 4.74. The summed E-state index contributed by atoms with van der Waals surface area (Å²) in [5, 5.41) is 19.6. The third kappa shape index (κ3) is 3.77. The molecule has 6 heteroatoms. The molecule has 0 spiro atoms. The number of hydrogen-bond donors (Lipinski definition) is 2. The van der Waals surface area contributed by atoms with Crippen LogP contribution in [-0.4, -0.2) is 57.1 Å². The molecule has 1 aromatic carbocycles. The quantitative estimate of drug-likeness (QED) is 0.871. The van der Waals surface area contributed by atoms with Gasteiger partial charge in [-0.25, -0.2) is 4.98 Å². The van der Waals surface area contributed by atoms with E-state index in [4.69, 9.17) is 4.74 Å². The van der Waals surface area contributed by atoms with Crippen molar-refractivity contribution in [1.82, 2.24) is 14.5 Å². The Hall–Kier alpha value is -1.89. The Morgan fingerprint density at radius 3 is 2.71 bits per heavy atom. The van der Waals surface area contributed by atoms with Crippen molar-refractivity contribution in [3.05, 3.63) is 42.5 Å². The average Bonchev–Trinajstić information content (AvgIpc) is 2.99. The van der Waals surface area contributed by atoms with Gasteiger partial charge in [0.25, 0.3) is 0 Å². The molecule has 1 aromatic heterocycles. The van der Waals surface area contributed by atoms with Gasteiger partial charge in [-0.15, -0.1) is 0 Å². The Bertz CT molecular complexity index is 656. The summed E-state index contributed by atoms with van der Waals surface area (Å²) in [5.41, 5.74) is 0.116. The highest BCUT2D eigenvalue weighted by atomic mass is 16.5. The second-order valence-electron chi connectivity index (χ2n) is 6.42. The molecule has 0 bridgehead atoms. The number of aromatic nitrogens is 2. The summed E-state index contributed by atoms with van der Waals surface area (Å²) >= 11 is 0. The average molecular weight is 331 g/mol. The molecule has 0 saturated carbocycles. The summed E-state index contributed by atoms with van der Waals surface area (Å²) in [4.78, 5) is 6.78. The standard InChI is InChI=1S/C18H25N3O3/c1-24-16-5-3-15(4-6-16)21-12-9-19-17(21)13-20-10-2-7-18(23,14-22)8-11-20/h3-6,9,12,22-23H,2,7-8,10-11,13-14H2,1H3. The fourth-order valence-electron chi connectivity index (χ4n) is 3.18. The van der Waals surface area contributed by atoms with Gasteiger partial charge in [0.05, 0.1) is 25.9 Å². The number of aliphatic hydroxyl groups is 2. The van der Waals surface area contributed by atoms with Crippen molar-refractivity contribution in [1.29, 1.82) is 0 Å². The van der Waals surface area contributed by atoms with Gasteiger partial charge in [-0.05, 0) is 50.1 Å². The number of imidazole rings is 1. The molecule has 0 radical (unpaired) electrons. The van der Waals surface area contributed by atoms with Crippen LogP contribution < -0.4 is 4.74 Å². The van der Waals surface area contributed by atoms with Crippen LogP contribution in [0, 0.1) is 0 Å². The van der Waals surface area contributed by atoms with Crippen LogP contribution in [0.2, 0.25) is 0 Å². The van der Waals surface area contributed by atoms with Gasteiger partial charge in [-0.1, -0.05) is 0 Å². The Morgan fingerprint density at radius 2 is 2.00 bits per heavy atom. The third-order valence-corrected chi connectivity index (χ3v) is 4.74. The lowest BCUT2D eigenvalue weighted by atomic mass is 9.96. The first-order valence-corrected chi connectivity index (χ1v) is 8.36. The van der Waals surface area contributed by atoms with E-state index in [9.17, 15) is 10.2 Å². The van der Waals surface area contributed by atoms with Crippen molar-refractivity contribution in [2.24, 2.45) is 0 Å². The zero-order valence-electron chi connectivity index (χ0n) is 14.1. The Morgan fingerprint density at radius 1 is 1.21 bits per heavy atom. The fraction of sp³-hybridized carbons (Fsp3) is 0.500. The molecule has 3 rings (SSSR count). The Balaban J connectivity index is 1.71. The summed E-state index contributed by atoms with van der Waals surface area (Å²) < 4.78 is 7.28. The second kappa shape index (κ2) is 7.34. The molecule has 1 aliphatic rings. The van der Waals surface area contributed by atoms with Crippen LogP contribution >= 0.6 is 0 Å². The predicted molar refractivity (Wildman–Crippen MR) is 91.3 cm³/mol. The van der Waals surface area contributed by atoms with Gasteiger partial charge in [0.1, 0.15) is 11.6 Å². The molecular formula is C18H25N3O3. The lowest BCUT2D eigenvalue weighted by molar-refractivity contribution is -0.0255. The number of rotatable bonds is 5. The van der Waals surface area contributed by atoms with E-state index in [0.29, 0.717) is 12.8 Å². The van der Waals surface area contributed by atoms with Crippen LogP contribution in [0.15, 0.2) is 36.7 Å². The highest BCUT2D eigenvalue weighted by Gasteiger charge is 2.29. The number of benzene rings is 1. The van der Waals surface area contributed by atoms with Gasteiger partial charge >= 0.3 is 0 Å². The molecule has 1 atom stereocenters. The molecular weight excluding hydrogens is 306 g/mol. The van der Waals surface area contributed by atoms with Gasteiger partial charge in [-0.3, -0.25) is 4.90 Å². The molecule has 2 heterocycles. The van der Waals surface area contributed by atoms with Crippen molar-refractivity contribution in [2.75, 3.05) is 26.8 Å².